The SMILES string of the molecule is O=C(C1=NN2c3cc(F)ccc3OC[C@H]2[C@H]1c1ccccc1)N1CCCCC1. The molecule has 0 radical (unpaired) electrons. The maximum Gasteiger partial charge on any atom is 0.270 e. The molecule has 0 bridgehead atoms. The van der Waals surface area contributed by atoms with Crippen LogP contribution in [0.5, 0.6) is 5.75 Å². The summed E-state index contributed by atoms with van der Waals surface area (Å²) < 4.78 is 19.8. The number of likely N-dealkylation sites (tertiary alicyclic amines) is 1. The second-order valence-electron chi connectivity index (χ2n) is 7.56. The maximum absolute atomic E-state index is 13.9. The van der Waals surface area contributed by atoms with E-state index < -0.39 is 0 Å². The van der Waals surface area contributed by atoms with Crippen molar-refractivity contribution in [2.24, 2.45) is 5.10 Å². The Morgan fingerprint density at radius 3 is 2.64 bits per heavy atom. The Balaban J connectivity index is 1.57. The lowest BCUT2D eigenvalue weighted by Crippen LogP contribution is -2.44. The number of hydrogen-bond acceptors (Lipinski definition) is 4. The Hall–Kier alpha value is -2.89. The van der Waals surface area contributed by atoms with Crippen LogP contribution in [0.2, 0.25) is 0 Å². The highest BCUT2D eigenvalue weighted by molar-refractivity contribution is 6.42. The first-order valence-corrected chi connectivity index (χ1v) is 9.87. The quantitative estimate of drug-likeness (QED) is 0.802. The minimum Gasteiger partial charge on any atom is -0.489 e. The molecule has 144 valence electrons. The minimum atomic E-state index is -0.342. The van der Waals surface area contributed by atoms with Crippen molar-refractivity contribution in [2.45, 2.75) is 31.2 Å². The van der Waals surface area contributed by atoms with Crippen molar-refractivity contribution in [1.29, 1.82) is 0 Å². The van der Waals surface area contributed by atoms with Crippen LogP contribution in [0.3, 0.4) is 0 Å². The fraction of sp³-hybridized carbons (Fsp3) is 0.364. The predicted molar refractivity (Wildman–Crippen MR) is 105 cm³/mol. The van der Waals surface area contributed by atoms with Gasteiger partial charge in [0.05, 0.1) is 12.0 Å². The Bertz CT molecular complexity index is 925. The molecule has 5 nitrogen and oxygen atoms in total. The lowest BCUT2D eigenvalue weighted by Gasteiger charge is -2.34. The van der Waals surface area contributed by atoms with Crippen LogP contribution < -0.4 is 9.75 Å². The zero-order valence-corrected chi connectivity index (χ0v) is 15.6. The van der Waals surface area contributed by atoms with Gasteiger partial charge in [-0.25, -0.2) is 4.39 Å². The summed E-state index contributed by atoms with van der Waals surface area (Å²) in [7, 11) is 0. The standard InChI is InChI=1S/C22H22FN3O2/c23-16-9-10-19-17(13-16)26-18(14-28-19)20(15-7-3-1-4-8-15)21(24-26)22(27)25-11-5-2-6-12-25/h1,3-4,7-10,13,18,20H,2,5-6,11-12,14H2/t18-,20+/m0/s1. The first kappa shape index (κ1) is 17.2. The van der Waals surface area contributed by atoms with Crippen LogP contribution in [-0.4, -0.2) is 42.3 Å². The van der Waals surface area contributed by atoms with E-state index in [2.05, 4.69) is 0 Å². The number of fused-ring (bicyclic) bond motifs is 3. The molecule has 28 heavy (non-hydrogen) atoms. The summed E-state index contributed by atoms with van der Waals surface area (Å²) in [5, 5.41) is 6.53. The van der Waals surface area contributed by atoms with Crippen molar-refractivity contribution in [2.75, 3.05) is 24.7 Å². The Labute approximate surface area is 163 Å². The van der Waals surface area contributed by atoms with Gasteiger partial charge in [0.25, 0.3) is 5.91 Å². The van der Waals surface area contributed by atoms with Crippen LogP contribution in [0.25, 0.3) is 0 Å². The molecule has 1 amide bonds. The van der Waals surface area contributed by atoms with Gasteiger partial charge in [-0.05, 0) is 37.0 Å². The molecule has 2 aromatic carbocycles. The van der Waals surface area contributed by atoms with Crippen LogP contribution in [0.15, 0.2) is 53.6 Å². The van der Waals surface area contributed by atoms with Crippen molar-refractivity contribution >= 4 is 17.3 Å². The molecule has 2 aromatic rings. The van der Waals surface area contributed by atoms with E-state index in [9.17, 15) is 9.18 Å². The van der Waals surface area contributed by atoms with E-state index in [0.29, 0.717) is 23.8 Å². The van der Waals surface area contributed by atoms with Crippen molar-refractivity contribution < 1.29 is 13.9 Å². The highest BCUT2D eigenvalue weighted by Crippen LogP contribution is 2.43. The highest BCUT2D eigenvalue weighted by atomic mass is 19.1. The van der Waals surface area contributed by atoms with Crippen molar-refractivity contribution in [3.05, 3.63) is 59.9 Å². The van der Waals surface area contributed by atoms with E-state index in [1.807, 2.05) is 35.2 Å². The van der Waals surface area contributed by atoms with Gasteiger partial charge in [0.2, 0.25) is 0 Å². The number of piperidine rings is 1. The molecule has 3 aliphatic heterocycles. The van der Waals surface area contributed by atoms with E-state index >= 15 is 0 Å². The topological polar surface area (TPSA) is 45.1 Å². The van der Waals surface area contributed by atoms with Gasteiger partial charge in [-0.1, -0.05) is 30.3 Å². The van der Waals surface area contributed by atoms with Gasteiger partial charge >= 0.3 is 0 Å². The molecule has 1 saturated heterocycles. The van der Waals surface area contributed by atoms with E-state index in [4.69, 9.17) is 9.84 Å². The number of carbonyl (C=O) groups is 1. The summed E-state index contributed by atoms with van der Waals surface area (Å²) >= 11 is 0. The van der Waals surface area contributed by atoms with E-state index in [1.54, 1.807) is 11.1 Å². The molecule has 3 heterocycles. The molecule has 0 aliphatic carbocycles. The molecule has 0 N–H and O–H groups in total. The zero-order chi connectivity index (χ0) is 19.1. The molecule has 6 heteroatoms. The van der Waals surface area contributed by atoms with Crippen LogP contribution >= 0.6 is 0 Å². The normalized spacial score (nSPS) is 23.5. The van der Waals surface area contributed by atoms with Crippen LogP contribution in [0.1, 0.15) is 30.7 Å². The Morgan fingerprint density at radius 2 is 1.86 bits per heavy atom. The number of amides is 1. The molecular formula is C22H22FN3O2. The van der Waals surface area contributed by atoms with Gasteiger partial charge in [0.1, 0.15) is 29.6 Å². The average Bonchev–Trinajstić information content (AvgIpc) is 3.14. The van der Waals surface area contributed by atoms with Gasteiger partial charge < -0.3 is 9.64 Å². The summed E-state index contributed by atoms with van der Waals surface area (Å²) in [5.41, 5.74) is 2.14. The maximum atomic E-state index is 13.9. The number of benzene rings is 2. The van der Waals surface area contributed by atoms with Gasteiger partial charge in [-0.2, -0.15) is 5.10 Å². The van der Waals surface area contributed by atoms with Crippen LogP contribution in [0, 0.1) is 5.82 Å². The smallest absolute Gasteiger partial charge is 0.270 e. The second-order valence-corrected chi connectivity index (χ2v) is 7.56. The third-order valence-corrected chi connectivity index (χ3v) is 5.81. The molecule has 0 aromatic heterocycles. The highest BCUT2D eigenvalue weighted by Gasteiger charge is 2.46. The number of ether oxygens (including phenoxy) is 1. The average molecular weight is 379 g/mol. The first-order chi connectivity index (χ1) is 13.7. The molecule has 0 spiro atoms. The fourth-order valence-corrected chi connectivity index (χ4v) is 4.42. The number of halogens is 1. The molecule has 0 saturated carbocycles. The molecule has 3 aliphatic rings. The van der Waals surface area contributed by atoms with E-state index in [0.717, 1.165) is 37.9 Å². The van der Waals surface area contributed by atoms with E-state index in [-0.39, 0.29) is 23.7 Å². The Kier molecular flexibility index (Phi) is 4.26. The molecule has 1 fully saturated rings. The van der Waals surface area contributed by atoms with Crippen LogP contribution in [0.4, 0.5) is 10.1 Å². The number of anilines is 1. The molecule has 5 rings (SSSR count). The number of nitrogens with zero attached hydrogens (tertiary/aromatic N) is 3. The van der Waals surface area contributed by atoms with Gasteiger partial charge in [0, 0.05) is 19.2 Å². The second kappa shape index (κ2) is 6.93. The predicted octanol–water partition coefficient (Wildman–Crippen LogP) is 3.56. The summed E-state index contributed by atoms with van der Waals surface area (Å²) in [4.78, 5) is 15.3. The van der Waals surface area contributed by atoms with Gasteiger partial charge in [-0.3, -0.25) is 9.80 Å². The number of carbonyl (C=O) groups excluding carboxylic acids is 1. The summed E-state index contributed by atoms with van der Waals surface area (Å²) in [6.07, 6.45) is 3.21. The van der Waals surface area contributed by atoms with Gasteiger partial charge in [0.15, 0.2) is 0 Å². The monoisotopic (exact) mass is 379 g/mol. The summed E-state index contributed by atoms with van der Waals surface area (Å²) in [6, 6.07) is 14.2. The third kappa shape index (κ3) is 2.84. The zero-order valence-electron chi connectivity index (χ0n) is 15.6. The van der Waals surface area contributed by atoms with Crippen LogP contribution in [-0.2, 0) is 4.79 Å². The van der Waals surface area contributed by atoms with Crippen molar-refractivity contribution in [3.63, 3.8) is 0 Å². The Morgan fingerprint density at radius 1 is 1.07 bits per heavy atom. The van der Waals surface area contributed by atoms with Gasteiger partial charge in [-0.15, -0.1) is 0 Å². The fourth-order valence-electron chi connectivity index (χ4n) is 4.42. The minimum absolute atomic E-state index is 0.0130. The summed E-state index contributed by atoms with van der Waals surface area (Å²) in [5.74, 6) is 0.0399. The molecular weight excluding hydrogens is 357 g/mol. The lowest BCUT2D eigenvalue weighted by molar-refractivity contribution is -0.125. The summed E-state index contributed by atoms with van der Waals surface area (Å²) in [6.45, 7) is 1.94. The lowest BCUT2D eigenvalue weighted by atomic mass is 9.87. The number of hydrazone groups is 1. The number of hydrogen-bond donors (Lipinski definition) is 0. The largest absolute Gasteiger partial charge is 0.489 e. The number of rotatable bonds is 2. The molecule has 2 atom stereocenters. The first-order valence-electron chi connectivity index (χ1n) is 9.87. The third-order valence-electron chi connectivity index (χ3n) is 5.81. The van der Waals surface area contributed by atoms with E-state index in [1.165, 1.54) is 12.1 Å². The van der Waals surface area contributed by atoms with Crippen molar-refractivity contribution in [1.82, 2.24) is 4.90 Å². The van der Waals surface area contributed by atoms with Crippen molar-refractivity contribution in [3.8, 4) is 5.75 Å². The molecule has 0 unspecified atom stereocenters.